The van der Waals surface area contributed by atoms with E-state index in [1.54, 1.807) is 18.4 Å². The van der Waals surface area contributed by atoms with Crippen LogP contribution in [0.5, 0.6) is 11.5 Å². The molecule has 0 unspecified atom stereocenters. The van der Waals surface area contributed by atoms with Crippen molar-refractivity contribution in [1.82, 2.24) is 10.3 Å². The van der Waals surface area contributed by atoms with Gasteiger partial charge >= 0.3 is 0 Å². The van der Waals surface area contributed by atoms with E-state index in [9.17, 15) is 0 Å². The summed E-state index contributed by atoms with van der Waals surface area (Å²) >= 11 is 1.67. The van der Waals surface area contributed by atoms with Crippen molar-refractivity contribution >= 4 is 11.3 Å². The summed E-state index contributed by atoms with van der Waals surface area (Å²) in [6, 6.07) is 5.91. The number of aryl methyl sites for hydroxylation is 2. The van der Waals surface area contributed by atoms with E-state index in [4.69, 9.17) is 9.47 Å². The number of methoxy groups -OCH3 is 1. The maximum Gasteiger partial charge on any atom is 0.166 e. The van der Waals surface area contributed by atoms with Crippen molar-refractivity contribution in [3.05, 3.63) is 39.3 Å². The first-order valence-electron chi connectivity index (χ1n) is 6.52. The highest BCUT2D eigenvalue weighted by Gasteiger charge is 2.12. The molecule has 0 aliphatic carbocycles. The third-order valence-corrected chi connectivity index (χ3v) is 4.11. The van der Waals surface area contributed by atoms with Crippen LogP contribution < -0.4 is 14.8 Å². The Bertz CT molecular complexity index is 562. The molecule has 1 aromatic heterocycles. The summed E-state index contributed by atoms with van der Waals surface area (Å²) in [5.41, 5.74) is 2.15. The molecule has 1 aromatic carbocycles. The first-order chi connectivity index (χ1) is 9.65. The summed E-state index contributed by atoms with van der Waals surface area (Å²) < 4.78 is 11.3. The molecule has 20 heavy (non-hydrogen) atoms. The van der Waals surface area contributed by atoms with Crippen LogP contribution in [0.1, 0.15) is 21.1 Å². The molecule has 0 aliphatic rings. The van der Waals surface area contributed by atoms with E-state index in [0.717, 1.165) is 34.3 Å². The van der Waals surface area contributed by atoms with Gasteiger partial charge in [-0.2, -0.15) is 0 Å². The second-order valence-corrected chi connectivity index (χ2v) is 5.80. The van der Waals surface area contributed by atoms with E-state index >= 15 is 0 Å². The van der Waals surface area contributed by atoms with Crippen LogP contribution in [0.3, 0.4) is 0 Å². The maximum atomic E-state index is 5.95. The van der Waals surface area contributed by atoms with Crippen LogP contribution >= 0.6 is 11.3 Å². The highest BCUT2D eigenvalue weighted by Crippen LogP contribution is 2.32. The van der Waals surface area contributed by atoms with Crippen molar-refractivity contribution in [2.24, 2.45) is 0 Å². The summed E-state index contributed by atoms with van der Waals surface area (Å²) in [6.07, 6.45) is 0. The molecule has 0 radical (unpaired) electrons. The maximum absolute atomic E-state index is 5.95. The Morgan fingerprint density at radius 1 is 1.30 bits per heavy atom. The van der Waals surface area contributed by atoms with Crippen LogP contribution in [0.25, 0.3) is 0 Å². The average molecular weight is 292 g/mol. The van der Waals surface area contributed by atoms with E-state index in [1.807, 2.05) is 32.2 Å². The van der Waals surface area contributed by atoms with Gasteiger partial charge in [0.1, 0.15) is 11.6 Å². The summed E-state index contributed by atoms with van der Waals surface area (Å²) in [7, 11) is 3.57. The highest BCUT2D eigenvalue weighted by molar-refractivity contribution is 7.11. The van der Waals surface area contributed by atoms with Gasteiger partial charge in [0.25, 0.3) is 0 Å². The van der Waals surface area contributed by atoms with Crippen LogP contribution in [-0.2, 0) is 13.2 Å². The Balaban J connectivity index is 2.18. The third-order valence-electron chi connectivity index (χ3n) is 3.06. The van der Waals surface area contributed by atoms with Crippen LogP contribution in [-0.4, -0.2) is 19.1 Å². The number of rotatable bonds is 6. The Morgan fingerprint density at radius 3 is 2.70 bits per heavy atom. The van der Waals surface area contributed by atoms with E-state index in [0.29, 0.717) is 6.61 Å². The standard InChI is InChI=1S/C15H20N2O2S/c1-10-11(2)20-14(17-10)9-19-15-12(8-16-3)6-5-7-13(15)18-4/h5-7,16H,8-9H2,1-4H3. The van der Waals surface area contributed by atoms with E-state index in [1.165, 1.54) is 4.88 Å². The highest BCUT2D eigenvalue weighted by atomic mass is 32.1. The van der Waals surface area contributed by atoms with Crippen molar-refractivity contribution in [2.45, 2.75) is 27.0 Å². The summed E-state index contributed by atoms with van der Waals surface area (Å²) in [5, 5.41) is 4.13. The number of hydrogen-bond donors (Lipinski definition) is 1. The van der Waals surface area contributed by atoms with Gasteiger partial charge in [-0.25, -0.2) is 4.98 Å². The molecule has 0 bridgehead atoms. The summed E-state index contributed by atoms with van der Waals surface area (Å²) in [4.78, 5) is 5.73. The van der Waals surface area contributed by atoms with E-state index in [2.05, 4.69) is 17.2 Å². The van der Waals surface area contributed by atoms with Gasteiger partial charge in [0.15, 0.2) is 11.5 Å². The Hall–Kier alpha value is -1.59. The number of aromatic nitrogens is 1. The molecule has 0 aliphatic heterocycles. The number of para-hydroxylation sites is 1. The zero-order valence-corrected chi connectivity index (χ0v) is 13.1. The van der Waals surface area contributed by atoms with Gasteiger partial charge in [0.05, 0.1) is 12.8 Å². The van der Waals surface area contributed by atoms with Gasteiger partial charge in [-0.05, 0) is 27.0 Å². The lowest BCUT2D eigenvalue weighted by molar-refractivity contribution is 0.280. The molecule has 5 heteroatoms. The first kappa shape index (κ1) is 14.8. The molecule has 1 heterocycles. The largest absolute Gasteiger partial charge is 0.493 e. The predicted octanol–water partition coefficient (Wildman–Crippen LogP) is 3.07. The van der Waals surface area contributed by atoms with Crippen molar-refractivity contribution < 1.29 is 9.47 Å². The minimum atomic E-state index is 0.469. The molecule has 1 N–H and O–H groups in total. The number of hydrogen-bond acceptors (Lipinski definition) is 5. The third kappa shape index (κ3) is 3.29. The molecular formula is C15H20N2O2S. The van der Waals surface area contributed by atoms with Crippen LogP contribution in [0.2, 0.25) is 0 Å². The summed E-state index contributed by atoms with van der Waals surface area (Å²) in [6.45, 7) is 5.30. The van der Waals surface area contributed by atoms with Crippen molar-refractivity contribution in [3.8, 4) is 11.5 Å². The monoisotopic (exact) mass is 292 g/mol. The van der Waals surface area contributed by atoms with Crippen molar-refractivity contribution in [3.63, 3.8) is 0 Å². The van der Waals surface area contributed by atoms with Gasteiger partial charge in [-0.1, -0.05) is 12.1 Å². The number of nitrogens with one attached hydrogen (secondary N) is 1. The smallest absolute Gasteiger partial charge is 0.166 e. The molecule has 0 fully saturated rings. The quantitative estimate of drug-likeness (QED) is 0.888. The number of thiazole rings is 1. The number of benzene rings is 1. The zero-order valence-electron chi connectivity index (χ0n) is 12.3. The number of ether oxygens (including phenoxy) is 2. The second kappa shape index (κ2) is 6.72. The normalized spacial score (nSPS) is 10.6. The van der Waals surface area contributed by atoms with Crippen molar-refractivity contribution in [2.75, 3.05) is 14.2 Å². The Labute approximate surface area is 123 Å². The average Bonchev–Trinajstić information content (AvgIpc) is 2.76. The zero-order chi connectivity index (χ0) is 14.5. The van der Waals surface area contributed by atoms with Crippen LogP contribution in [0.4, 0.5) is 0 Å². The van der Waals surface area contributed by atoms with Gasteiger partial charge < -0.3 is 14.8 Å². The topological polar surface area (TPSA) is 43.4 Å². The fraction of sp³-hybridized carbons (Fsp3) is 0.400. The SMILES string of the molecule is CNCc1cccc(OC)c1OCc1nc(C)c(C)s1. The summed E-state index contributed by atoms with van der Waals surface area (Å²) in [5.74, 6) is 1.54. The molecule has 0 amide bonds. The minimum Gasteiger partial charge on any atom is -0.493 e. The van der Waals surface area contributed by atoms with E-state index < -0.39 is 0 Å². The fourth-order valence-electron chi connectivity index (χ4n) is 1.95. The molecule has 108 valence electrons. The first-order valence-corrected chi connectivity index (χ1v) is 7.33. The molecule has 0 spiro atoms. The van der Waals surface area contributed by atoms with Gasteiger partial charge in [0.2, 0.25) is 0 Å². The molecular weight excluding hydrogens is 272 g/mol. The second-order valence-electron chi connectivity index (χ2n) is 4.52. The van der Waals surface area contributed by atoms with Gasteiger partial charge in [-0.3, -0.25) is 0 Å². The van der Waals surface area contributed by atoms with Gasteiger partial charge in [0, 0.05) is 17.0 Å². The van der Waals surface area contributed by atoms with Crippen molar-refractivity contribution in [1.29, 1.82) is 0 Å². The molecule has 0 saturated heterocycles. The minimum absolute atomic E-state index is 0.469. The Morgan fingerprint density at radius 2 is 2.10 bits per heavy atom. The molecule has 0 atom stereocenters. The van der Waals surface area contributed by atoms with E-state index in [-0.39, 0.29) is 0 Å². The lowest BCUT2D eigenvalue weighted by atomic mass is 10.2. The molecule has 2 rings (SSSR count). The molecule has 0 saturated carbocycles. The fourth-order valence-corrected chi connectivity index (χ4v) is 2.80. The van der Waals surface area contributed by atoms with Crippen LogP contribution in [0, 0.1) is 13.8 Å². The predicted molar refractivity (Wildman–Crippen MR) is 81.7 cm³/mol. The number of nitrogens with zero attached hydrogens (tertiary/aromatic N) is 1. The molecule has 4 nitrogen and oxygen atoms in total. The Kier molecular flexibility index (Phi) is 4.98. The molecule has 2 aromatic rings. The van der Waals surface area contributed by atoms with Crippen LogP contribution in [0.15, 0.2) is 18.2 Å². The van der Waals surface area contributed by atoms with Gasteiger partial charge in [-0.15, -0.1) is 11.3 Å². The lowest BCUT2D eigenvalue weighted by Gasteiger charge is -2.14. The lowest BCUT2D eigenvalue weighted by Crippen LogP contribution is -2.08.